The second-order valence-electron chi connectivity index (χ2n) is 7.68. The SMILES string of the molecule is O=C(c1ccccc1F)N1CCCN(C(=O)c2ccccc2COc2ccccc2)CC1. The third-order valence-electron chi connectivity index (χ3n) is 5.56. The lowest BCUT2D eigenvalue weighted by Gasteiger charge is -2.23. The van der Waals surface area contributed by atoms with Crippen molar-refractivity contribution < 1.29 is 18.7 Å². The van der Waals surface area contributed by atoms with Crippen LogP contribution in [0.2, 0.25) is 0 Å². The van der Waals surface area contributed by atoms with E-state index in [0.29, 0.717) is 38.2 Å². The minimum Gasteiger partial charge on any atom is -0.489 e. The van der Waals surface area contributed by atoms with Crippen LogP contribution in [-0.2, 0) is 6.61 Å². The average Bonchev–Trinajstić information content (AvgIpc) is 3.09. The molecule has 0 radical (unpaired) electrons. The standard InChI is InChI=1S/C26H25FN2O3/c27-24-14-7-6-13-23(24)26(31)29-16-8-15-28(17-18-29)25(30)22-12-5-4-9-20(22)19-32-21-10-2-1-3-11-21/h1-7,9-14H,8,15-19H2. The van der Waals surface area contributed by atoms with Crippen LogP contribution in [0.5, 0.6) is 5.75 Å². The molecule has 0 saturated carbocycles. The van der Waals surface area contributed by atoms with E-state index in [1.165, 1.54) is 12.1 Å². The van der Waals surface area contributed by atoms with E-state index in [1.54, 1.807) is 28.0 Å². The Hall–Kier alpha value is -3.67. The number of nitrogens with zero attached hydrogens (tertiary/aromatic N) is 2. The van der Waals surface area contributed by atoms with E-state index >= 15 is 0 Å². The number of rotatable bonds is 5. The number of benzene rings is 3. The molecular formula is C26H25FN2O3. The number of amides is 2. The first-order chi connectivity index (χ1) is 15.6. The average molecular weight is 432 g/mol. The zero-order valence-electron chi connectivity index (χ0n) is 17.7. The highest BCUT2D eigenvalue weighted by Crippen LogP contribution is 2.18. The van der Waals surface area contributed by atoms with Crippen molar-refractivity contribution in [1.82, 2.24) is 9.80 Å². The lowest BCUT2D eigenvalue weighted by Crippen LogP contribution is -2.38. The fourth-order valence-electron chi connectivity index (χ4n) is 3.83. The predicted octanol–water partition coefficient (Wildman–Crippen LogP) is 4.39. The van der Waals surface area contributed by atoms with Gasteiger partial charge in [0.1, 0.15) is 18.2 Å². The molecule has 0 aromatic heterocycles. The van der Waals surface area contributed by atoms with E-state index in [-0.39, 0.29) is 24.0 Å². The van der Waals surface area contributed by atoms with Crippen LogP contribution in [0.1, 0.15) is 32.7 Å². The Morgan fingerprint density at radius 2 is 1.28 bits per heavy atom. The first kappa shape index (κ1) is 21.6. The van der Waals surface area contributed by atoms with Gasteiger partial charge in [-0.05, 0) is 36.8 Å². The molecule has 32 heavy (non-hydrogen) atoms. The molecule has 1 aliphatic heterocycles. The van der Waals surface area contributed by atoms with Crippen LogP contribution in [0.15, 0.2) is 78.9 Å². The predicted molar refractivity (Wildman–Crippen MR) is 120 cm³/mol. The Balaban J connectivity index is 1.43. The Kier molecular flexibility index (Phi) is 6.80. The first-order valence-corrected chi connectivity index (χ1v) is 10.7. The van der Waals surface area contributed by atoms with Crippen molar-refractivity contribution in [2.45, 2.75) is 13.0 Å². The highest BCUT2D eigenvalue weighted by Gasteiger charge is 2.25. The number of carbonyl (C=O) groups excluding carboxylic acids is 2. The Morgan fingerprint density at radius 1 is 0.719 bits per heavy atom. The minimum absolute atomic E-state index is 0.0654. The first-order valence-electron chi connectivity index (χ1n) is 10.7. The van der Waals surface area contributed by atoms with Crippen LogP contribution in [0.25, 0.3) is 0 Å². The van der Waals surface area contributed by atoms with Gasteiger partial charge < -0.3 is 14.5 Å². The Labute approximate surface area is 187 Å². The van der Waals surface area contributed by atoms with E-state index < -0.39 is 5.82 Å². The quantitative estimate of drug-likeness (QED) is 0.601. The summed E-state index contributed by atoms with van der Waals surface area (Å²) in [7, 11) is 0. The zero-order chi connectivity index (χ0) is 22.3. The van der Waals surface area contributed by atoms with Crippen LogP contribution >= 0.6 is 0 Å². The monoisotopic (exact) mass is 432 g/mol. The van der Waals surface area contributed by atoms with Crippen molar-refractivity contribution in [3.63, 3.8) is 0 Å². The van der Waals surface area contributed by atoms with Crippen LogP contribution in [0.3, 0.4) is 0 Å². The van der Waals surface area contributed by atoms with Crippen LogP contribution < -0.4 is 4.74 Å². The molecule has 0 bridgehead atoms. The topological polar surface area (TPSA) is 49.9 Å². The Morgan fingerprint density at radius 3 is 1.97 bits per heavy atom. The fraction of sp³-hybridized carbons (Fsp3) is 0.231. The molecule has 164 valence electrons. The molecule has 2 amide bonds. The van der Waals surface area contributed by atoms with Gasteiger partial charge in [0.15, 0.2) is 0 Å². The van der Waals surface area contributed by atoms with E-state index in [0.717, 1.165) is 11.3 Å². The number of ether oxygens (including phenoxy) is 1. The third-order valence-corrected chi connectivity index (χ3v) is 5.56. The van der Waals surface area contributed by atoms with Crippen molar-refractivity contribution in [3.8, 4) is 5.75 Å². The largest absolute Gasteiger partial charge is 0.489 e. The van der Waals surface area contributed by atoms with Gasteiger partial charge in [-0.15, -0.1) is 0 Å². The molecule has 6 heteroatoms. The van der Waals surface area contributed by atoms with Crippen molar-refractivity contribution in [2.24, 2.45) is 0 Å². The van der Waals surface area contributed by atoms with Gasteiger partial charge >= 0.3 is 0 Å². The normalized spacial score (nSPS) is 14.0. The summed E-state index contributed by atoms with van der Waals surface area (Å²) in [5.74, 6) is -0.208. The molecule has 1 aliphatic rings. The molecular weight excluding hydrogens is 407 g/mol. The van der Waals surface area contributed by atoms with Crippen molar-refractivity contribution >= 4 is 11.8 Å². The number of hydrogen-bond acceptors (Lipinski definition) is 3. The van der Waals surface area contributed by atoms with Gasteiger partial charge in [0.25, 0.3) is 11.8 Å². The summed E-state index contributed by atoms with van der Waals surface area (Å²) in [6, 6.07) is 22.9. The molecule has 1 saturated heterocycles. The summed E-state index contributed by atoms with van der Waals surface area (Å²) in [6.45, 7) is 2.07. The molecule has 0 N–H and O–H groups in total. The van der Waals surface area contributed by atoms with Gasteiger partial charge in [-0.25, -0.2) is 4.39 Å². The van der Waals surface area contributed by atoms with Gasteiger partial charge in [-0.3, -0.25) is 9.59 Å². The molecule has 1 heterocycles. The van der Waals surface area contributed by atoms with E-state index in [9.17, 15) is 14.0 Å². The van der Waals surface area contributed by atoms with Crippen LogP contribution in [-0.4, -0.2) is 47.8 Å². The van der Waals surface area contributed by atoms with Gasteiger partial charge in [-0.1, -0.05) is 48.5 Å². The summed E-state index contributed by atoms with van der Waals surface area (Å²) in [4.78, 5) is 29.4. The lowest BCUT2D eigenvalue weighted by molar-refractivity contribution is 0.0715. The number of halogens is 1. The summed E-state index contributed by atoms with van der Waals surface area (Å²) in [5, 5.41) is 0. The molecule has 1 fully saturated rings. The van der Waals surface area contributed by atoms with E-state index in [1.807, 2.05) is 48.5 Å². The van der Waals surface area contributed by atoms with Gasteiger partial charge in [0.2, 0.25) is 0 Å². The maximum absolute atomic E-state index is 14.0. The molecule has 3 aromatic carbocycles. The zero-order valence-corrected chi connectivity index (χ0v) is 17.7. The van der Waals surface area contributed by atoms with Crippen LogP contribution in [0.4, 0.5) is 4.39 Å². The number of carbonyl (C=O) groups is 2. The van der Waals surface area contributed by atoms with E-state index in [2.05, 4.69) is 0 Å². The second-order valence-corrected chi connectivity index (χ2v) is 7.68. The number of para-hydroxylation sites is 1. The molecule has 0 aliphatic carbocycles. The Bertz CT molecular complexity index is 1090. The summed E-state index contributed by atoms with van der Waals surface area (Å²) in [5.41, 5.74) is 1.47. The molecule has 0 atom stereocenters. The van der Waals surface area contributed by atoms with Crippen molar-refractivity contribution in [2.75, 3.05) is 26.2 Å². The lowest BCUT2D eigenvalue weighted by atomic mass is 10.1. The minimum atomic E-state index is -0.526. The highest BCUT2D eigenvalue weighted by molar-refractivity contribution is 5.96. The smallest absolute Gasteiger partial charge is 0.256 e. The van der Waals surface area contributed by atoms with Crippen molar-refractivity contribution in [3.05, 3.63) is 101 Å². The summed E-state index contributed by atoms with van der Waals surface area (Å²) in [6.07, 6.45) is 0.634. The molecule has 0 spiro atoms. The third kappa shape index (κ3) is 4.97. The summed E-state index contributed by atoms with van der Waals surface area (Å²) >= 11 is 0. The maximum atomic E-state index is 14.0. The fourth-order valence-corrected chi connectivity index (χ4v) is 3.83. The molecule has 0 unspecified atom stereocenters. The molecule has 3 aromatic rings. The second kappa shape index (κ2) is 10.1. The van der Waals surface area contributed by atoms with Gasteiger partial charge in [0.05, 0.1) is 5.56 Å². The van der Waals surface area contributed by atoms with Crippen molar-refractivity contribution in [1.29, 1.82) is 0 Å². The number of hydrogen-bond donors (Lipinski definition) is 0. The molecule has 4 rings (SSSR count). The highest BCUT2D eigenvalue weighted by atomic mass is 19.1. The van der Waals surface area contributed by atoms with Gasteiger partial charge in [0, 0.05) is 37.3 Å². The van der Waals surface area contributed by atoms with E-state index in [4.69, 9.17) is 4.74 Å². The maximum Gasteiger partial charge on any atom is 0.256 e. The summed E-state index contributed by atoms with van der Waals surface area (Å²) < 4.78 is 19.9. The molecule has 5 nitrogen and oxygen atoms in total. The van der Waals surface area contributed by atoms with Gasteiger partial charge in [-0.2, -0.15) is 0 Å². The van der Waals surface area contributed by atoms with Crippen LogP contribution in [0, 0.1) is 5.82 Å².